The summed E-state index contributed by atoms with van der Waals surface area (Å²) in [5.74, 6) is 0.520. The lowest BCUT2D eigenvalue weighted by Crippen LogP contribution is -2.08. The minimum atomic E-state index is -0.241. The van der Waals surface area contributed by atoms with E-state index in [4.69, 9.17) is 10.5 Å². The highest BCUT2D eigenvalue weighted by Crippen LogP contribution is 2.37. The van der Waals surface area contributed by atoms with Crippen LogP contribution in [0.25, 0.3) is 0 Å². The Kier molecular flexibility index (Phi) is 4.45. The third-order valence-electron chi connectivity index (χ3n) is 2.73. The average Bonchev–Trinajstić information content (AvgIpc) is 2.38. The van der Waals surface area contributed by atoms with Crippen LogP contribution in [0.3, 0.4) is 0 Å². The van der Waals surface area contributed by atoms with Crippen molar-refractivity contribution in [2.75, 3.05) is 7.11 Å². The Balaban J connectivity index is 2.39. The first kappa shape index (κ1) is 13.9. The molecule has 0 aromatic heterocycles. The van der Waals surface area contributed by atoms with E-state index in [0.29, 0.717) is 0 Å². The molecule has 0 spiro atoms. The van der Waals surface area contributed by atoms with E-state index in [0.717, 1.165) is 21.1 Å². The number of methoxy groups -OCH3 is 1. The van der Waals surface area contributed by atoms with Crippen molar-refractivity contribution in [3.63, 3.8) is 0 Å². The van der Waals surface area contributed by atoms with Crippen LogP contribution in [0.15, 0.2) is 52.3 Å². The Bertz CT molecular complexity index is 572. The molecule has 0 aliphatic rings. The van der Waals surface area contributed by atoms with Crippen molar-refractivity contribution >= 4 is 11.8 Å². The predicted molar refractivity (Wildman–Crippen MR) is 76.1 cm³/mol. The number of rotatable bonds is 4. The largest absolute Gasteiger partial charge is 0.496 e. The highest BCUT2D eigenvalue weighted by molar-refractivity contribution is 7.99. The third kappa shape index (κ3) is 3.28. The number of halogens is 1. The Morgan fingerprint density at radius 1 is 1.21 bits per heavy atom. The Labute approximate surface area is 116 Å². The van der Waals surface area contributed by atoms with Crippen LogP contribution in [-0.2, 0) is 0 Å². The Morgan fingerprint density at radius 2 is 1.95 bits per heavy atom. The highest BCUT2D eigenvalue weighted by atomic mass is 32.2. The second-order valence-corrected chi connectivity index (χ2v) is 5.34. The van der Waals surface area contributed by atoms with Gasteiger partial charge >= 0.3 is 0 Å². The number of hydrogen-bond acceptors (Lipinski definition) is 3. The van der Waals surface area contributed by atoms with Crippen LogP contribution in [0, 0.1) is 5.82 Å². The van der Waals surface area contributed by atoms with Gasteiger partial charge in [-0.15, -0.1) is 0 Å². The fraction of sp³-hybridized carbons (Fsp3) is 0.200. The SMILES string of the molecule is COc1cccc(Sc2cccc(F)c2)c1[C@H](C)N. The van der Waals surface area contributed by atoms with Gasteiger partial charge < -0.3 is 10.5 Å². The van der Waals surface area contributed by atoms with Gasteiger partial charge in [0, 0.05) is 21.4 Å². The van der Waals surface area contributed by atoms with Gasteiger partial charge in [0.15, 0.2) is 0 Å². The van der Waals surface area contributed by atoms with Gasteiger partial charge in [0.2, 0.25) is 0 Å². The smallest absolute Gasteiger partial charge is 0.124 e. The lowest BCUT2D eigenvalue weighted by atomic mass is 10.1. The average molecular weight is 277 g/mol. The Hall–Kier alpha value is -1.52. The van der Waals surface area contributed by atoms with Gasteiger partial charge in [-0.2, -0.15) is 0 Å². The van der Waals surface area contributed by atoms with E-state index in [2.05, 4.69) is 0 Å². The molecule has 0 bridgehead atoms. The molecule has 2 rings (SSSR count). The second-order valence-electron chi connectivity index (χ2n) is 4.22. The molecular formula is C15H16FNOS. The molecule has 0 saturated heterocycles. The van der Waals surface area contributed by atoms with Crippen LogP contribution >= 0.6 is 11.8 Å². The molecule has 2 nitrogen and oxygen atoms in total. The quantitative estimate of drug-likeness (QED) is 0.917. The van der Waals surface area contributed by atoms with Gasteiger partial charge in [-0.25, -0.2) is 4.39 Å². The Morgan fingerprint density at radius 3 is 2.58 bits per heavy atom. The maximum atomic E-state index is 13.2. The van der Waals surface area contributed by atoms with Crippen molar-refractivity contribution in [2.45, 2.75) is 22.8 Å². The zero-order valence-electron chi connectivity index (χ0n) is 10.9. The van der Waals surface area contributed by atoms with Gasteiger partial charge in [-0.3, -0.25) is 0 Å². The molecule has 0 amide bonds. The van der Waals surface area contributed by atoms with Gasteiger partial charge in [0.05, 0.1) is 7.11 Å². The van der Waals surface area contributed by atoms with Crippen molar-refractivity contribution < 1.29 is 9.13 Å². The van der Waals surface area contributed by atoms with E-state index in [1.54, 1.807) is 13.2 Å². The molecule has 0 aliphatic heterocycles. The first-order chi connectivity index (χ1) is 9.11. The molecule has 2 N–H and O–H groups in total. The summed E-state index contributed by atoms with van der Waals surface area (Å²) in [5, 5.41) is 0. The zero-order chi connectivity index (χ0) is 13.8. The first-order valence-electron chi connectivity index (χ1n) is 5.97. The monoisotopic (exact) mass is 277 g/mol. The van der Waals surface area contributed by atoms with Crippen LogP contribution in [0.2, 0.25) is 0 Å². The highest BCUT2D eigenvalue weighted by Gasteiger charge is 2.14. The molecule has 2 aromatic carbocycles. The van der Waals surface area contributed by atoms with E-state index >= 15 is 0 Å². The molecular weight excluding hydrogens is 261 g/mol. The number of benzene rings is 2. The van der Waals surface area contributed by atoms with Crippen LogP contribution in [0.1, 0.15) is 18.5 Å². The molecule has 100 valence electrons. The van der Waals surface area contributed by atoms with E-state index in [9.17, 15) is 4.39 Å². The minimum absolute atomic E-state index is 0.146. The number of ether oxygens (including phenoxy) is 1. The van der Waals surface area contributed by atoms with Crippen molar-refractivity contribution in [1.82, 2.24) is 0 Å². The summed E-state index contributed by atoms with van der Waals surface area (Å²) in [7, 11) is 1.62. The minimum Gasteiger partial charge on any atom is -0.496 e. The standard InChI is InChI=1S/C15H16FNOS/c1-10(17)15-13(18-2)7-4-8-14(15)19-12-6-3-5-11(16)9-12/h3-10H,17H2,1-2H3/t10-/m0/s1. The summed E-state index contributed by atoms with van der Waals surface area (Å²) < 4.78 is 18.6. The van der Waals surface area contributed by atoms with E-state index in [-0.39, 0.29) is 11.9 Å². The molecule has 1 atom stereocenters. The molecule has 0 radical (unpaired) electrons. The van der Waals surface area contributed by atoms with Gasteiger partial charge in [0.25, 0.3) is 0 Å². The fourth-order valence-electron chi connectivity index (χ4n) is 1.90. The molecule has 4 heteroatoms. The van der Waals surface area contributed by atoms with Gasteiger partial charge in [-0.05, 0) is 37.3 Å². The molecule has 0 fully saturated rings. The zero-order valence-corrected chi connectivity index (χ0v) is 11.7. The van der Waals surface area contributed by atoms with Crippen LogP contribution in [0.4, 0.5) is 4.39 Å². The topological polar surface area (TPSA) is 35.2 Å². The first-order valence-corrected chi connectivity index (χ1v) is 6.79. The maximum absolute atomic E-state index is 13.2. The molecule has 0 saturated carbocycles. The van der Waals surface area contributed by atoms with Crippen molar-refractivity contribution in [2.24, 2.45) is 5.73 Å². The van der Waals surface area contributed by atoms with Crippen molar-refractivity contribution in [1.29, 1.82) is 0 Å². The summed E-state index contributed by atoms with van der Waals surface area (Å²) in [6, 6.07) is 12.1. The lowest BCUT2D eigenvalue weighted by Gasteiger charge is -2.16. The number of nitrogens with two attached hydrogens (primary N) is 1. The normalized spacial score (nSPS) is 12.2. The van der Waals surface area contributed by atoms with E-state index < -0.39 is 0 Å². The van der Waals surface area contributed by atoms with Crippen molar-refractivity contribution in [3.05, 3.63) is 53.8 Å². The predicted octanol–water partition coefficient (Wildman–Crippen LogP) is 4.01. The molecule has 0 aliphatic carbocycles. The van der Waals surface area contributed by atoms with Crippen LogP contribution < -0.4 is 10.5 Å². The van der Waals surface area contributed by atoms with Crippen molar-refractivity contribution in [3.8, 4) is 5.75 Å². The fourth-order valence-corrected chi connectivity index (χ4v) is 3.01. The summed E-state index contributed by atoms with van der Waals surface area (Å²) in [6.07, 6.45) is 0. The van der Waals surface area contributed by atoms with E-state index in [1.165, 1.54) is 23.9 Å². The van der Waals surface area contributed by atoms with Gasteiger partial charge in [0.1, 0.15) is 11.6 Å². The lowest BCUT2D eigenvalue weighted by molar-refractivity contribution is 0.405. The summed E-state index contributed by atoms with van der Waals surface area (Å²) >= 11 is 1.49. The van der Waals surface area contributed by atoms with Crippen LogP contribution in [0.5, 0.6) is 5.75 Å². The molecule has 19 heavy (non-hydrogen) atoms. The summed E-state index contributed by atoms with van der Waals surface area (Å²) in [5.41, 5.74) is 6.95. The maximum Gasteiger partial charge on any atom is 0.124 e. The second kappa shape index (κ2) is 6.08. The third-order valence-corrected chi connectivity index (χ3v) is 3.79. The number of hydrogen-bond donors (Lipinski definition) is 1. The van der Waals surface area contributed by atoms with Crippen LogP contribution in [-0.4, -0.2) is 7.11 Å². The summed E-state index contributed by atoms with van der Waals surface area (Å²) in [6.45, 7) is 1.91. The van der Waals surface area contributed by atoms with E-state index in [1.807, 2.05) is 31.2 Å². The molecule has 0 heterocycles. The molecule has 2 aromatic rings. The molecule has 0 unspecified atom stereocenters. The van der Waals surface area contributed by atoms with Gasteiger partial charge in [-0.1, -0.05) is 23.9 Å². The summed E-state index contributed by atoms with van der Waals surface area (Å²) in [4.78, 5) is 1.83.